The lowest BCUT2D eigenvalue weighted by molar-refractivity contribution is -0.117. The predicted molar refractivity (Wildman–Crippen MR) is 99.3 cm³/mol. The molecule has 0 bridgehead atoms. The fourth-order valence-corrected chi connectivity index (χ4v) is 2.98. The summed E-state index contributed by atoms with van der Waals surface area (Å²) in [5.41, 5.74) is 4.74. The van der Waals surface area contributed by atoms with Crippen molar-refractivity contribution in [3.05, 3.63) is 59.7 Å². The van der Waals surface area contributed by atoms with Crippen molar-refractivity contribution in [2.75, 3.05) is 30.4 Å². The van der Waals surface area contributed by atoms with Gasteiger partial charge in [-0.25, -0.2) is 0 Å². The molecule has 2 aromatic carbocycles. The number of hydrogen-bond acceptors (Lipinski definition) is 3. The van der Waals surface area contributed by atoms with E-state index < -0.39 is 0 Å². The minimum atomic E-state index is 0.238. The van der Waals surface area contributed by atoms with Gasteiger partial charge in [-0.2, -0.15) is 0 Å². The van der Waals surface area contributed by atoms with Gasteiger partial charge in [0.15, 0.2) is 0 Å². The summed E-state index contributed by atoms with van der Waals surface area (Å²) in [6.07, 6.45) is 1.64. The zero-order chi connectivity index (χ0) is 16.9. The molecule has 0 radical (unpaired) electrons. The summed E-state index contributed by atoms with van der Waals surface area (Å²) in [6, 6.07) is 16.9. The van der Waals surface area contributed by atoms with Crippen molar-refractivity contribution < 1.29 is 4.79 Å². The predicted octanol–water partition coefficient (Wildman–Crippen LogP) is 3.17. The Morgan fingerprint density at radius 1 is 0.958 bits per heavy atom. The number of amides is 1. The second-order valence-electron chi connectivity index (χ2n) is 6.48. The van der Waals surface area contributed by atoms with Crippen molar-refractivity contribution in [2.45, 2.75) is 25.9 Å². The minimum absolute atomic E-state index is 0.238. The molecule has 1 N–H and O–H groups in total. The Balaban J connectivity index is 1.50. The summed E-state index contributed by atoms with van der Waals surface area (Å²) in [4.78, 5) is 15.7. The summed E-state index contributed by atoms with van der Waals surface area (Å²) in [5, 5.41) is 3.47. The van der Waals surface area contributed by atoms with E-state index in [1.165, 1.54) is 16.8 Å². The highest BCUT2D eigenvalue weighted by atomic mass is 16.2. The summed E-state index contributed by atoms with van der Waals surface area (Å²) < 4.78 is 0. The molecular formula is C20H25N3O. The zero-order valence-corrected chi connectivity index (χ0v) is 14.5. The average Bonchev–Trinajstić information content (AvgIpc) is 3.02. The van der Waals surface area contributed by atoms with Gasteiger partial charge in [-0.05, 0) is 41.8 Å². The minimum Gasteiger partial charge on any atom is -0.378 e. The maximum Gasteiger partial charge on any atom is 0.227 e. The summed E-state index contributed by atoms with van der Waals surface area (Å²) in [7, 11) is 4.10. The Kier molecular flexibility index (Phi) is 5.16. The molecule has 1 aliphatic heterocycles. The van der Waals surface area contributed by atoms with Crippen molar-refractivity contribution >= 4 is 17.3 Å². The summed E-state index contributed by atoms with van der Waals surface area (Å²) >= 11 is 0. The van der Waals surface area contributed by atoms with Crippen molar-refractivity contribution in [1.29, 1.82) is 0 Å². The second kappa shape index (κ2) is 7.49. The number of nitrogens with zero attached hydrogens (tertiary/aromatic N) is 2. The molecule has 3 rings (SSSR count). The van der Waals surface area contributed by atoms with Crippen LogP contribution in [0.15, 0.2) is 48.5 Å². The SMILES string of the molecule is CN(C)c1ccc(CNCc2ccc(N3CCCC3=O)cc2)cc1. The lowest BCUT2D eigenvalue weighted by Gasteiger charge is -2.16. The number of hydrogen-bond donors (Lipinski definition) is 1. The summed E-state index contributed by atoms with van der Waals surface area (Å²) in [6.45, 7) is 2.52. The highest BCUT2D eigenvalue weighted by Gasteiger charge is 2.21. The van der Waals surface area contributed by atoms with Crippen LogP contribution in [0.2, 0.25) is 0 Å². The van der Waals surface area contributed by atoms with Gasteiger partial charge >= 0.3 is 0 Å². The van der Waals surface area contributed by atoms with Gasteiger partial charge in [0.1, 0.15) is 0 Å². The van der Waals surface area contributed by atoms with Crippen LogP contribution in [-0.2, 0) is 17.9 Å². The normalized spacial score (nSPS) is 14.2. The van der Waals surface area contributed by atoms with E-state index in [0.717, 1.165) is 31.7 Å². The van der Waals surface area contributed by atoms with E-state index in [4.69, 9.17) is 0 Å². The molecule has 0 saturated carbocycles. The third-order valence-corrected chi connectivity index (χ3v) is 4.43. The Hall–Kier alpha value is -2.33. The first kappa shape index (κ1) is 16.5. The fraction of sp³-hybridized carbons (Fsp3) is 0.350. The van der Waals surface area contributed by atoms with Crippen LogP contribution in [0.1, 0.15) is 24.0 Å². The Morgan fingerprint density at radius 2 is 1.54 bits per heavy atom. The number of rotatable bonds is 6. The van der Waals surface area contributed by atoms with Gasteiger partial charge in [-0.1, -0.05) is 24.3 Å². The quantitative estimate of drug-likeness (QED) is 0.887. The monoisotopic (exact) mass is 323 g/mol. The van der Waals surface area contributed by atoms with E-state index in [2.05, 4.69) is 46.6 Å². The molecule has 0 spiro atoms. The molecule has 0 aromatic heterocycles. The molecule has 126 valence electrons. The Labute approximate surface area is 144 Å². The second-order valence-corrected chi connectivity index (χ2v) is 6.48. The van der Waals surface area contributed by atoms with E-state index in [9.17, 15) is 4.79 Å². The molecule has 1 heterocycles. The lowest BCUT2D eigenvalue weighted by atomic mass is 10.1. The van der Waals surface area contributed by atoms with Crippen LogP contribution in [0.3, 0.4) is 0 Å². The van der Waals surface area contributed by atoms with Gasteiger partial charge in [0.2, 0.25) is 5.91 Å². The van der Waals surface area contributed by atoms with Crippen molar-refractivity contribution in [2.24, 2.45) is 0 Å². The van der Waals surface area contributed by atoms with Crippen LogP contribution in [0.4, 0.5) is 11.4 Å². The van der Waals surface area contributed by atoms with E-state index in [-0.39, 0.29) is 5.91 Å². The van der Waals surface area contributed by atoms with E-state index in [0.29, 0.717) is 6.42 Å². The molecule has 2 aromatic rings. The van der Waals surface area contributed by atoms with Crippen molar-refractivity contribution in [3.8, 4) is 0 Å². The molecule has 4 heteroatoms. The third-order valence-electron chi connectivity index (χ3n) is 4.43. The van der Waals surface area contributed by atoms with Crippen LogP contribution in [0.5, 0.6) is 0 Å². The van der Waals surface area contributed by atoms with Crippen LogP contribution >= 0.6 is 0 Å². The highest BCUT2D eigenvalue weighted by molar-refractivity contribution is 5.95. The van der Waals surface area contributed by atoms with Crippen molar-refractivity contribution in [3.63, 3.8) is 0 Å². The molecule has 0 unspecified atom stereocenters. The van der Waals surface area contributed by atoms with Gasteiger partial charge in [0, 0.05) is 51.5 Å². The van der Waals surface area contributed by atoms with E-state index in [1.54, 1.807) is 0 Å². The largest absolute Gasteiger partial charge is 0.378 e. The number of anilines is 2. The van der Waals surface area contributed by atoms with Gasteiger partial charge in [0.25, 0.3) is 0 Å². The first-order valence-corrected chi connectivity index (χ1v) is 8.50. The zero-order valence-electron chi connectivity index (χ0n) is 14.5. The molecule has 4 nitrogen and oxygen atoms in total. The number of nitrogens with one attached hydrogen (secondary N) is 1. The molecular weight excluding hydrogens is 298 g/mol. The molecule has 0 atom stereocenters. The van der Waals surface area contributed by atoms with Crippen molar-refractivity contribution in [1.82, 2.24) is 5.32 Å². The summed E-state index contributed by atoms with van der Waals surface area (Å²) in [5.74, 6) is 0.238. The van der Waals surface area contributed by atoms with Crippen LogP contribution < -0.4 is 15.1 Å². The first-order valence-electron chi connectivity index (χ1n) is 8.50. The van der Waals surface area contributed by atoms with E-state index >= 15 is 0 Å². The smallest absolute Gasteiger partial charge is 0.227 e. The maximum absolute atomic E-state index is 11.8. The fourth-order valence-electron chi connectivity index (χ4n) is 2.98. The standard InChI is InChI=1S/C20H25N3O/c1-22(2)18-9-5-16(6-10-18)14-21-15-17-7-11-19(12-8-17)23-13-3-4-20(23)24/h5-12,21H,3-4,13-15H2,1-2H3. The lowest BCUT2D eigenvalue weighted by Crippen LogP contribution is -2.23. The van der Waals surface area contributed by atoms with Gasteiger partial charge in [0.05, 0.1) is 0 Å². The first-order chi connectivity index (χ1) is 11.6. The molecule has 1 saturated heterocycles. The topological polar surface area (TPSA) is 35.6 Å². The Bertz CT molecular complexity index is 677. The molecule has 24 heavy (non-hydrogen) atoms. The molecule has 0 aliphatic carbocycles. The van der Waals surface area contributed by atoms with E-state index in [1.807, 2.05) is 31.1 Å². The van der Waals surface area contributed by atoms with Crippen LogP contribution in [-0.4, -0.2) is 26.5 Å². The number of carbonyl (C=O) groups is 1. The number of carbonyl (C=O) groups excluding carboxylic acids is 1. The molecule has 1 fully saturated rings. The highest BCUT2D eigenvalue weighted by Crippen LogP contribution is 2.21. The maximum atomic E-state index is 11.8. The third kappa shape index (κ3) is 3.95. The van der Waals surface area contributed by atoms with Gasteiger partial charge < -0.3 is 15.1 Å². The molecule has 1 amide bonds. The molecule has 1 aliphatic rings. The average molecular weight is 323 g/mol. The Morgan fingerprint density at radius 3 is 2.04 bits per heavy atom. The van der Waals surface area contributed by atoms with Gasteiger partial charge in [-0.15, -0.1) is 0 Å². The van der Waals surface area contributed by atoms with Crippen LogP contribution in [0.25, 0.3) is 0 Å². The number of benzene rings is 2. The van der Waals surface area contributed by atoms with Crippen LogP contribution in [0, 0.1) is 0 Å². The van der Waals surface area contributed by atoms with Gasteiger partial charge in [-0.3, -0.25) is 4.79 Å².